The Labute approximate surface area is 215 Å². The lowest BCUT2D eigenvalue weighted by Gasteiger charge is -2.19. The maximum Gasteiger partial charge on any atom is 0.338 e. The Morgan fingerprint density at radius 1 is 0.686 bits per heavy atom. The van der Waals surface area contributed by atoms with Crippen molar-refractivity contribution in [2.24, 2.45) is 0 Å². The van der Waals surface area contributed by atoms with Crippen molar-refractivity contribution >= 4 is 35.7 Å². The van der Waals surface area contributed by atoms with Crippen LogP contribution in [0, 0.1) is 0 Å². The zero-order valence-electron chi connectivity index (χ0n) is 21.2. The summed E-state index contributed by atoms with van der Waals surface area (Å²) in [5.74, 6) is -0.962. The molecule has 0 radical (unpaired) electrons. The molecule has 0 heterocycles. The maximum absolute atomic E-state index is 13.0. The van der Waals surface area contributed by atoms with Gasteiger partial charge in [0.15, 0.2) is 0 Å². The molecular formula is C26H39ClN4O4. The van der Waals surface area contributed by atoms with Crippen molar-refractivity contribution in [1.82, 2.24) is 9.80 Å². The summed E-state index contributed by atoms with van der Waals surface area (Å²) < 4.78 is 11.1. The van der Waals surface area contributed by atoms with Crippen molar-refractivity contribution < 1.29 is 19.1 Å². The van der Waals surface area contributed by atoms with Gasteiger partial charge in [-0.1, -0.05) is 27.7 Å². The second-order valence-corrected chi connectivity index (χ2v) is 7.94. The number of nitrogen functional groups attached to an aromatic ring is 2. The molecule has 0 unspecified atom stereocenters. The Kier molecular flexibility index (Phi) is 13.2. The van der Waals surface area contributed by atoms with Crippen molar-refractivity contribution in [3.63, 3.8) is 0 Å². The van der Waals surface area contributed by atoms with E-state index in [-0.39, 0.29) is 25.6 Å². The van der Waals surface area contributed by atoms with Gasteiger partial charge in [-0.25, -0.2) is 9.59 Å². The molecule has 9 heteroatoms. The van der Waals surface area contributed by atoms with Gasteiger partial charge < -0.3 is 30.7 Å². The van der Waals surface area contributed by atoms with Crippen molar-refractivity contribution in [3.05, 3.63) is 47.5 Å². The van der Waals surface area contributed by atoms with Gasteiger partial charge in [0.05, 0.1) is 11.1 Å². The molecule has 0 aromatic heterocycles. The largest absolute Gasteiger partial charge is 0.461 e. The summed E-state index contributed by atoms with van der Waals surface area (Å²) in [5.41, 5.74) is 14.6. The fourth-order valence-electron chi connectivity index (χ4n) is 3.70. The number of hydrogen-bond donors (Lipinski definition) is 2. The van der Waals surface area contributed by atoms with Crippen molar-refractivity contribution in [2.75, 3.05) is 63.9 Å². The van der Waals surface area contributed by atoms with Crippen LogP contribution in [0.5, 0.6) is 0 Å². The Morgan fingerprint density at radius 2 is 1.03 bits per heavy atom. The Bertz CT molecular complexity index is 885. The van der Waals surface area contributed by atoms with Crippen LogP contribution in [0.4, 0.5) is 11.4 Å². The number of esters is 2. The Morgan fingerprint density at radius 3 is 1.34 bits per heavy atom. The van der Waals surface area contributed by atoms with E-state index in [0.29, 0.717) is 46.7 Å². The van der Waals surface area contributed by atoms with E-state index in [1.54, 1.807) is 36.4 Å². The highest BCUT2D eigenvalue weighted by atomic mass is 35.5. The van der Waals surface area contributed by atoms with Crippen LogP contribution in [-0.2, 0) is 9.47 Å². The summed E-state index contributed by atoms with van der Waals surface area (Å²) in [7, 11) is 0. The molecule has 0 bridgehead atoms. The smallest absolute Gasteiger partial charge is 0.338 e. The number of carbonyl (C=O) groups is 2. The zero-order chi connectivity index (χ0) is 25.1. The summed E-state index contributed by atoms with van der Waals surface area (Å²) in [5, 5.41) is 0. The van der Waals surface area contributed by atoms with Gasteiger partial charge in [-0.3, -0.25) is 0 Å². The lowest BCUT2D eigenvalue weighted by atomic mass is 9.94. The molecule has 4 N–H and O–H groups in total. The first kappa shape index (κ1) is 30.2. The predicted molar refractivity (Wildman–Crippen MR) is 144 cm³/mol. The summed E-state index contributed by atoms with van der Waals surface area (Å²) in [6.45, 7) is 13.6. The number of benzene rings is 2. The van der Waals surface area contributed by atoms with E-state index in [1.807, 2.05) is 0 Å². The van der Waals surface area contributed by atoms with Gasteiger partial charge in [0.2, 0.25) is 0 Å². The number of likely N-dealkylation sites (N-methyl/N-ethyl adjacent to an activating group) is 2. The van der Waals surface area contributed by atoms with E-state index >= 15 is 0 Å². The number of anilines is 2. The topological polar surface area (TPSA) is 111 Å². The van der Waals surface area contributed by atoms with Crippen LogP contribution in [0.2, 0.25) is 0 Å². The van der Waals surface area contributed by atoms with Gasteiger partial charge in [0, 0.05) is 24.5 Å². The minimum absolute atomic E-state index is 0. The van der Waals surface area contributed by atoms with E-state index in [1.165, 1.54) is 0 Å². The van der Waals surface area contributed by atoms with Crippen LogP contribution < -0.4 is 11.5 Å². The molecule has 2 rings (SSSR count). The number of halogens is 1. The number of ether oxygens (including phenoxy) is 2. The van der Waals surface area contributed by atoms with Gasteiger partial charge in [0.25, 0.3) is 0 Å². The molecular weight excluding hydrogens is 468 g/mol. The van der Waals surface area contributed by atoms with Gasteiger partial charge in [-0.15, -0.1) is 12.4 Å². The number of nitrogens with zero attached hydrogens (tertiary/aromatic N) is 2. The molecule has 0 atom stereocenters. The van der Waals surface area contributed by atoms with Crippen LogP contribution in [0.1, 0.15) is 48.4 Å². The highest BCUT2D eigenvalue weighted by Crippen LogP contribution is 2.32. The third-order valence-electron chi connectivity index (χ3n) is 5.89. The van der Waals surface area contributed by atoms with Crippen LogP contribution >= 0.6 is 12.4 Å². The normalized spacial score (nSPS) is 10.8. The second kappa shape index (κ2) is 15.2. The lowest BCUT2D eigenvalue weighted by molar-refractivity contribution is 0.0456. The third kappa shape index (κ3) is 8.72. The minimum atomic E-state index is -0.481. The molecule has 8 nitrogen and oxygen atoms in total. The fourth-order valence-corrected chi connectivity index (χ4v) is 3.70. The van der Waals surface area contributed by atoms with E-state index in [4.69, 9.17) is 20.9 Å². The molecule has 0 aliphatic rings. The Hall–Kier alpha value is -2.81. The Balaban J connectivity index is 0.00000612. The van der Waals surface area contributed by atoms with Gasteiger partial charge in [-0.2, -0.15) is 0 Å². The van der Waals surface area contributed by atoms with Crippen molar-refractivity contribution in [3.8, 4) is 11.1 Å². The van der Waals surface area contributed by atoms with Crippen LogP contribution in [0.15, 0.2) is 36.4 Å². The van der Waals surface area contributed by atoms with E-state index in [9.17, 15) is 9.59 Å². The second-order valence-electron chi connectivity index (χ2n) is 7.94. The fraction of sp³-hybridized carbons (Fsp3) is 0.462. The third-order valence-corrected chi connectivity index (χ3v) is 5.89. The van der Waals surface area contributed by atoms with Crippen molar-refractivity contribution in [2.45, 2.75) is 27.7 Å². The average molecular weight is 507 g/mol. The molecule has 0 aliphatic heterocycles. The molecule has 0 aliphatic carbocycles. The first-order valence-electron chi connectivity index (χ1n) is 11.9. The first-order valence-corrected chi connectivity index (χ1v) is 11.9. The van der Waals surface area contributed by atoms with E-state index < -0.39 is 11.9 Å². The quantitative estimate of drug-likeness (QED) is 0.310. The van der Waals surface area contributed by atoms with Gasteiger partial charge in [0.1, 0.15) is 13.2 Å². The van der Waals surface area contributed by atoms with Gasteiger partial charge in [-0.05, 0) is 73.7 Å². The molecule has 0 fully saturated rings. The highest BCUT2D eigenvalue weighted by molar-refractivity contribution is 6.04. The highest BCUT2D eigenvalue weighted by Gasteiger charge is 2.21. The van der Waals surface area contributed by atoms with Crippen LogP contribution in [0.25, 0.3) is 11.1 Å². The number of rotatable bonds is 13. The van der Waals surface area contributed by atoms with E-state index in [2.05, 4.69) is 37.5 Å². The summed E-state index contributed by atoms with van der Waals surface area (Å²) in [6.07, 6.45) is 0. The number of carbonyl (C=O) groups excluding carboxylic acids is 2. The maximum atomic E-state index is 13.0. The summed E-state index contributed by atoms with van der Waals surface area (Å²) >= 11 is 0. The molecule has 0 amide bonds. The standard InChI is InChI=1S/C26H38N4O4.ClH/c1-5-29(6-2)13-15-33-25(31)21-11-9-19(27)17-23(21)24-18-20(28)10-12-22(24)26(32)34-16-14-30(7-3)8-4;/h9-12,17-18H,5-8,13-16,27-28H2,1-4H3;1H. The average Bonchev–Trinajstić information content (AvgIpc) is 2.84. The van der Waals surface area contributed by atoms with E-state index in [0.717, 1.165) is 26.2 Å². The molecule has 0 saturated carbocycles. The van der Waals surface area contributed by atoms with Gasteiger partial charge >= 0.3 is 11.9 Å². The molecule has 0 saturated heterocycles. The predicted octanol–water partition coefficient (Wildman–Crippen LogP) is 3.94. The summed E-state index contributed by atoms with van der Waals surface area (Å²) in [6, 6.07) is 9.81. The minimum Gasteiger partial charge on any atom is -0.461 e. The van der Waals surface area contributed by atoms with Crippen LogP contribution in [0.3, 0.4) is 0 Å². The molecule has 194 valence electrons. The number of hydrogen-bond acceptors (Lipinski definition) is 8. The SMILES string of the molecule is CCN(CC)CCOC(=O)c1ccc(N)cc1-c1cc(N)ccc1C(=O)OCCN(CC)CC.Cl. The van der Waals surface area contributed by atoms with Crippen LogP contribution in [-0.4, -0.2) is 74.2 Å². The summed E-state index contributed by atoms with van der Waals surface area (Å²) in [4.78, 5) is 30.2. The monoisotopic (exact) mass is 506 g/mol. The molecule has 0 spiro atoms. The first-order chi connectivity index (χ1) is 16.3. The number of nitrogens with two attached hydrogens (primary N) is 2. The molecule has 2 aromatic rings. The van der Waals surface area contributed by atoms with Crippen molar-refractivity contribution in [1.29, 1.82) is 0 Å². The molecule has 35 heavy (non-hydrogen) atoms. The lowest BCUT2D eigenvalue weighted by Crippen LogP contribution is -2.28. The molecule has 2 aromatic carbocycles. The zero-order valence-corrected chi connectivity index (χ0v) is 22.0.